The van der Waals surface area contributed by atoms with Crippen LogP contribution in [0.1, 0.15) is 316 Å². The van der Waals surface area contributed by atoms with Crippen molar-refractivity contribution in [2.75, 3.05) is 40.9 Å². The van der Waals surface area contributed by atoms with Crippen LogP contribution in [0.3, 0.4) is 0 Å². The molecule has 0 saturated heterocycles. The van der Waals surface area contributed by atoms with E-state index in [1.54, 1.807) is 6.08 Å². The molecule has 0 fully saturated rings. The molecule has 8 nitrogen and oxygen atoms in total. The number of carbonyl (C=O) groups excluding carboxylic acids is 1. The Balaban J connectivity index is 4.13. The van der Waals surface area contributed by atoms with Crippen molar-refractivity contribution >= 4 is 13.7 Å². The van der Waals surface area contributed by atoms with Gasteiger partial charge in [-0.3, -0.25) is 9.36 Å². The second-order valence-electron chi connectivity index (χ2n) is 23.4. The third-order valence-electron chi connectivity index (χ3n) is 14.7. The normalized spacial score (nSPS) is 14.1. The van der Waals surface area contributed by atoms with Crippen LogP contribution in [0.2, 0.25) is 0 Å². The largest absolute Gasteiger partial charge is 0.756 e. The third kappa shape index (κ3) is 60.0. The first-order valence-corrected chi connectivity index (χ1v) is 34.0. The summed E-state index contributed by atoms with van der Waals surface area (Å²) < 4.78 is 23.4. The predicted octanol–water partition coefficient (Wildman–Crippen LogP) is 19.6. The standard InChI is InChI=1S/C66H127N2O6P/c1-6-8-10-12-14-16-18-20-22-24-26-28-30-31-32-33-34-35-36-37-38-40-42-44-46-48-50-52-54-56-58-60-66(70)67-64(63-74-75(71,72)73-62-61-68(3,4)5)65(69)59-57-55-53-51-49-47-45-43-41-39-29-27-25-23-21-19-17-15-13-11-9-7-2/h31-32,41,43,49,51,57,59,64-65,69H,6-30,33-40,42,44-48,50,52-56,58,60-63H2,1-5H3,(H-,67,70,71,72)/b32-31-,43-41+,51-49+,59-57+. The molecule has 442 valence electrons. The van der Waals surface area contributed by atoms with Crippen LogP contribution in [0.4, 0.5) is 0 Å². The number of carbonyl (C=O) groups is 1. The highest BCUT2D eigenvalue weighted by Crippen LogP contribution is 2.38. The first kappa shape index (κ1) is 73.5. The van der Waals surface area contributed by atoms with E-state index in [4.69, 9.17) is 9.05 Å². The monoisotopic (exact) mass is 1070 g/mol. The topological polar surface area (TPSA) is 108 Å². The minimum absolute atomic E-state index is 0.00863. The number of amides is 1. The molecule has 0 aromatic carbocycles. The number of nitrogens with one attached hydrogen (secondary N) is 1. The zero-order chi connectivity index (χ0) is 54.9. The summed E-state index contributed by atoms with van der Waals surface area (Å²) in [6.07, 6.45) is 76.5. The smallest absolute Gasteiger partial charge is 0.268 e. The number of unbranched alkanes of at least 4 members (excludes halogenated alkanes) is 41. The number of phosphoric ester groups is 1. The number of rotatable bonds is 60. The fourth-order valence-corrected chi connectivity index (χ4v) is 10.4. The summed E-state index contributed by atoms with van der Waals surface area (Å²) in [6, 6.07) is -0.911. The highest BCUT2D eigenvalue weighted by molar-refractivity contribution is 7.45. The highest BCUT2D eigenvalue weighted by atomic mass is 31.2. The summed E-state index contributed by atoms with van der Waals surface area (Å²) in [5.41, 5.74) is 0. The molecule has 0 saturated carbocycles. The van der Waals surface area contributed by atoms with E-state index in [0.717, 1.165) is 44.9 Å². The van der Waals surface area contributed by atoms with Gasteiger partial charge in [0.05, 0.1) is 39.9 Å². The molecular weight excluding hydrogens is 948 g/mol. The van der Waals surface area contributed by atoms with E-state index in [0.29, 0.717) is 17.4 Å². The van der Waals surface area contributed by atoms with Crippen molar-refractivity contribution < 1.29 is 32.9 Å². The van der Waals surface area contributed by atoms with Crippen molar-refractivity contribution in [2.45, 2.75) is 328 Å². The molecule has 0 bridgehead atoms. The van der Waals surface area contributed by atoms with E-state index < -0.39 is 26.6 Å². The minimum atomic E-state index is -4.61. The highest BCUT2D eigenvalue weighted by Gasteiger charge is 2.23. The van der Waals surface area contributed by atoms with E-state index in [-0.39, 0.29) is 12.5 Å². The number of aliphatic hydroxyl groups excluding tert-OH is 1. The van der Waals surface area contributed by atoms with E-state index in [9.17, 15) is 19.4 Å². The second-order valence-corrected chi connectivity index (χ2v) is 24.9. The van der Waals surface area contributed by atoms with E-state index >= 15 is 0 Å². The van der Waals surface area contributed by atoms with Gasteiger partial charge in [0.1, 0.15) is 13.2 Å². The van der Waals surface area contributed by atoms with Gasteiger partial charge in [-0.15, -0.1) is 0 Å². The third-order valence-corrected chi connectivity index (χ3v) is 15.7. The van der Waals surface area contributed by atoms with E-state index in [1.807, 2.05) is 27.2 Å². The molecule has 0 aromatic heterocycles. The number of quaternary nitrogens is 1. The molecule has 9 heteroatoms. The maximum Gasteiger partial charge on any atom is 0.268 e. The van der Waals surface area contributed by atoms with Crippen molar-refractivity contribution in [2.24, 2.45) is 0 Å². The van der Waals surface area contributed by atoms with Crippen LogP contribution >= 0.6 is 7.82 Å². The SMILES string of the molecule is CCCCCCCCCCCCCC/C=C\CCCCCCCCCCCCCCCCCC(=O)NC(COP(=O)([O-])OCC[N+](C)(C)C)C(O)/C=C/CC/C=C/CC/C=C/CCCCCCCCCCCCCC. The van der Waals surface area contributed by atoms with Crippen LogP contribution in [-0.4, -0.2) is 68.5 Å². The maximum absolute atomic E-state index is 13.0. The summed E-state index contributed by atoms with van der Waals surface area (Å²) in [5.74, 6) is -0.207. The lowest BCUT2D eigenvalue weighted by molar-refractivity contribution is -0.870. The van der Waals surface area contributed by atoms with Gasteiger partial charge in [0.15, 0.2) is 0 Å². The quantitative estimate of drug-likeness (QED) is 0.0272. The molecule has 0 aromatic rings. The summed E-state index contributed by atoms with van der Waals surface area (Å²) >= 11 is 0. The number of likely N-dealkylation sites (N-methyl/N-ethyl adjacent to an activating group) is 1. The Morgan fingerprint density at radius 1 is 0.453 bits per heavy atom. The zero-order valence-corrected chi connectivity index (χ0v) is 51.4. The molecule has 0 aliphatic heterocycles. The zero-order valence-electron chi connectivity index (χ0n) is 50.5. The lowest BCUT2D eigenvalue weighted by Gasteiger charge is -2.29. The van der Waals surface area contributed by atoms with E-state index in [1.165, 1.54) is 250 Å². The van der Waals surface area contributed by atoms with Crippen molar-refractivity contribution in [3.63, 3.8) is 0 Å². The molecule has 0 aliphatic rings. The van der Waals surface area contributed by atoms with Crippen LogP contribution in [0.25, 0.3) is 0 Å². The number of phosphoric acid groups is 1. The first-order chi connectivity index (χ1) is 36.5. The van der Waals surface area contributed by atoms with Gasteiger partial charge < -0.3 is 28.8 Å². The van der Waals surface area contributed by atoms with Gasteiger partial charge in [0.2, 0.25) is 5.91 Å². The molecule has 0 aliphatic carbocycles. The number of allylic oxidation sites excluding steroid dienone is 7. The van der Waals surface area contributed by atoms with Gasteiger partial charge in [0, 0.05) is 6.42 Å². The molecule has 1 amide bonds. The first-order valence-electron chi connectivity index (χ1n) is 32.5. The Kier molecular flexibility index (Phi) is 56.0. The molecular formula is C66H127N2O6P. The summed E-state index contributed by atoms with van der Waals surface area (Å²) in [4.78, 5) is 25.6. The summed E-state index contributed by atoms with van der Waals surface area (Å²) in [5, 5.41) is 13.9. The predicted molar refractivity (Wildman–Crippen MR) is 325 cm³/mol. The van der Waals surface area contributed by atoms with Crippen LogP contribution in [-0.2, 0) is 18.4 Å². The van der Waals surface area contributed by atoms with Crippen LogP contribution in [0.5, 0.6) is 0 Å². The van der Waals surface area contributed by atoms with Gasteiger partial charge in [-0.25, -0.2) is 0 Å². The average molecular weight is 1080 g/mol. The molecule has 3 unspecified atom stereocenters. The van der Waals surface area contributed by atoms with Gasteiger partial charge >= 0.3 is 0 Å². The molecule has 75 heavy (non-hydrogen) atoms. The van der Waals surface area contributed by atoms with Crippen molar-refractivity contribution in [3.05, 3.63) is 48.6 Å². The van der Waals surface area contributed by atoms with Gasteiger partial charge in [-0.2, -0.15) is 0 Å². The lowest BCUT2D eigenvalue weighted by atomic mass is 10.0. The van der Waals surface area contributed by atoms with Crippen LogP contribution in [0.15, 0.2) is 48.6 Å². The minimum Gasteiger partial charge on any atom is -0.756 e. The Bertz CT molecular complexity index is 1360. The average Bonchev–Trinajstić information content (AvgIpc) is 3.37. The molecule has 2 N–H and O–H groups in total. The van der Waals surface area contributed by atoms with Crippen LogP contribution in [0, 0.1) is 0 Å². The number of hydrogen-bond donors (Lipinski definition) is 2. The lowest BCUT2D eigenvalue weighted by Crippen LogP contribution is -2.45. The second kappa shape index (κ2) is 57.2. The number of aliphatic hydroxyl groups is 1. The Hall–Kier alpha value is -1.54. The number of nitrogens with zero attached hydrogens (tertiary/aromatic N) is 1. The van der Waals surface area contributed by atoms with E-state index in [2.05, 4.69) is 55.6 Å². The fourth-order valence-electron chi connectivity index (χ4n) is 9.65. The van der Waals surface area contributed by atoms with Crippen LogP contribution < -0.4 is 10.2 Å². The Labute approximate surface area is 467 Å². The molecule has 3 atom stereocenters. The Morgan fingerprint density at radius 3 is 1.08 bits per heavy atom. The fraction of sp³-hybridized carbons (Fsp3) is 0.864. The summed E-state index contributed by atoms with van der Waals surface area (Å²) in [6.45, 7) is 4.66. The van der Waals surface area contributed by atoms with Crippen molar-refractivity contribution in [3.8, 4) is 0 Å². The molecule has 0 heterocycles. The molecule has 0 spiro atoms. The molecule has 0 radical (unpaired) electrons. The van der Waals surface area contributed by atoms with Gasteiger partial charge in [-0.05, 0) is 70.6 Å². The molecule has 0 rings (SSSR count). The Morgan fingerprint density at radius 2 is 0.747 bits per heavy atom. The number of hydrogen-bond acceptors (Lipinski definition) is 6. The van der Waals surface area contributed by atoms with Gasteiger partial charge in [0.25, 0.3) is 7.82 Å². The van der Waals surface area contributed by atoms with Crippen molar-refractivity contribution in [1.29, 1.82) is 0 Å². The van der Waals surface area contributed by atoms with Gasteiger partial charge in [-0.1, -0.05) is 287 Å². The summed E-state index contributed by atoms with van der Waals surface area (Å²) in [7, 11) is 1.24. The maximum atomic E-state index is 13.0. The van der Waals surface area contributed by atoms with Crippen molar-refractivity contribution in [1.82, 2.24) is 5.32 Å².